The van der Waals surface area contributed by atoms with Gasteiger partial charge in [0.25, 0.3) is 0 Å². The van der Waals surface area contributed by atoms with Crippen molar-refractivity contribution in [3.05, 3.63) is 0 Å². The minimum absolute atomic E-state index is 0.0347. The lowest BCUT2D eigenvalue weighted by Gasteiger charge is -2.11. The molecule has 58 valence electrons. The lowest BCUT2D eigenvalue weighted by molar-refractivity contribution is -0.145. The number of carbonyl (C=O) groups is 1. The summed E-state index contributed by atoms with van der Waals surface area (Å²) >= 11 is 0. The Morgan fingerprint density at radius 3 is 2.70 bits per heavy atom. The molecule has 0 radical (unpaired) electrons. The predicted molar refractivity (Wildman–Crippen MR) is 37.3 cm³/mol. The molecule has 0 heterocycles. The van der Waals surface area contributed by atoms with E-state index in [0.717, 1.165) is 19.3 Å². The van der Waals surface area contributed by atoms with Gasteiger partial charge in [0.05, 0.1) is 13.0 Å². The van der Waals surface area contributed by atoms with Gasteiger partial charge in [-0.3, -0.25) is 4.79 Å². The smallest absolute Gasteiger partial charge is 0.310 e. The summed E-state index contributed by atoms with van der Waals surface area (Å²) in [4.78, 5) is 10.9. The standard InChI is InChI=1S/C7H13NO2/c1-10-7(9)5-3-2-4-6(5)8/h5-6H,2-4,8H2,1H3/t5-,6+/m1/s1. The van der Waals surface area contributed by atoms with Crippen LogP contribution in [-0.2, 0) is 9.53 Å². The van der Waals surface area contributed by atoms with E-state index in [2.05, 4.69) is 4.74 Å². The SMILES string of the molecule is COC(=O)[C@@H]1CCC[C@@H]1N. The van der Waals surface area contributed by atoms with Crippen molar-refractivity contribution in [1.82, 2.24) is 0 Å². The van der Waals surface area contributed by atoms with Crippen LogP contribution in [0.4, 0.5) is 0 Å². The van der Waals surface area contributed by atoms with Gasteiger partial charge in [-0.1, -0.05) is 6.42 Å². The van der Waals surface area contributed by atoms with E-state index in [-0.39, 0.29) is 17.9 Å². The fraction of sp³-hybridized carbons (Fsp3) is 0.857. The summed E-state index contributed by atoms with van der Waals surface area (Å²) in [6.45, 7) is 0. The Morgan fingerprint density at radius 1 is 1.60 bits per heavy atom. The quantitative estimate of drug-likeness (QED) is 0.537. The molecule has 3 nitrogen and oxygen atoms in total. The number of carbonyl (C=O) groups excluding carboxylic acids is 1. The average Bonchev–Trinajstić information content (AvgIpc) is 2.34. The molecule has 2 N–H and O–H groups in total. The van der Waals surface area contributed by atoms with Crippen molar-refractivity contribution in [2.45, 2.75) is 25.3 Å². The predicted octanol–water partition coefficient (Wildman–Crippen LogP) is 0.287. The fourth-order valence-electron chi connectivity index (χ4n) is 1.43. The van der Waals surface area contributed by atoms with E-state index in [9.17, 15) is 4.79 Å². The lowest BCUT2D eigenvalue weighted by atomic mass is 10.1. The molecule has 3 heteroatoms. The van der Waals surface area contributed by atoms with Crippen LogP contribution in [0.5, 0.6) is 0 Å². The number of hydrogen-bond acceptors (Lipinski definition) is 3. The fourth-order valence-corrected chi connectivity index (χ4v) is 1.43. The zero-order valence-corrected chi connectivity index (χ0v) is 6.17. The van der Waals surface area contributed by atoms with Crippen molar-refractivity contribution in [1.29, 1.82) is 0 Å². The monoisotopic (exact) mass is 143 g/mol. The Bertz CT molecular complexity index is 136. The summed E-state index contributed by atoms with van der Waals surface area (Å²) in [5.74, 6) is -0.185. The molecule has 2 atom stereocenters. The second kappa shape index (κ2) is 3.01. The van der Waals surface area contributed by atoms with Crippen molar-refractivity contribution >= 4 is 5.97 Å². The van der Waals surface area contributed by atoms with E-state index in [0.29, 0.717) is 0 Å². The van der Waals surface area contributed by atoms with Crippen LogP contribution in [0, 0.1) is 5.92 Å². The third-order valence-corrected chi connectivity index (χ3v) is 2.07. The number of hydrogen-bond donors (Lipinski definition) is 1. The average molecular weight is 143 g/mol. The van der Waals surface area contributed by atoms with Crippen LogP contribution in [-0.4, -0.2) is 19.1 Å². The van der Waals surface area contributed by atoms with Gasteiger partial charge in [-0.15, -0.1) is 0 Å². The summed E-state index contributed by atoms with van der Waals surface area (Å²) in [6, 6.07) is 0.0347. The van der Waals surface area contributed by atoms with Crippen LogP contribution in [0.15, 0.2) is 0 Å². The molecule has 1 aliphatic rings. The maximum Gasteiger partial charge on any atom is 0.310 e. The number of nitrogens with two attached hydrogens (primary N) is 1. The number of rotatable bonds is 1. The Kier molecular flexibility index (Phi) is 2.27. The maximum atomic E-state index is 10.9. The van der Waals surface area contributed by atoms with Crippen molar-refractivity contribution in [3.63, 3.8) is 0 Å². The van der Waals surface area contributed by atoms with Crippen molar-refractivity contribution < 1.29 is 9.53 Å². The Morgan fingerprint density at radius 2 is 2.30 bits per heavy atom. The molecule has 0 amide bonds. The van der Waals surface area contributed by atoms with Crippen molar-refractivity contribution in [3.8, 4) is 0 Å². The van der Waals surface area contributed by atoms with E-state index in [1.807, 2.05) is 0 Å². The van der Waals surface area contributed by atoms with Crippen LogP contribution >= 0.6 is 0 Å². The summed E-state index contributed by atoms with van der Waals surface area (Å²) in [7, 11) is 1.41. The molecule has 1 fully saturated rings. The topological polar surface area (TPSA) is 52.3 Å². The van der Waals surface area contributed by atoms with Crippen molar-refractivity contribution in [2.24, 2.45) is 11.7 Å². The van der Waals surface area contributed by atoms with Gasteiger partial charge in [-0.05, 0) is 12.8 Å². The van der Waals surface area contributed by atoms with Crippen LogP contribution in [0.3, 0.4) is 0 Å². The minimum Gasteiger partial charge on any atom is -0.469 e. The second-order valence-electron chi connectivity index (χ2n) is 2.72. The highest BCUT2D eigenvalue weighted by molar-refractivity contribution is 5.73. The third-order valence-electron chi connectivity index (χ3n) is 2.07. The molecule has 0 unspecified atom stereocenters. The zero-order chi connectivity index (χ0) is 7.56. The highest BCUT2D eigenvalue weighted by Gasteiger charge is 2.30. The van der Waals surface area contributed by atoms with Gasteiger partial charge in [-0.2, -0.15) is 0 Å². The molecule has 0 aliphatic heterocycles. The summed E-state index contributed by atoms with van der Waals surface area (Å²) < 4.78 is 4.59. The van der Waals surface area contributed by atoms with Crippen LogP contribution < -0.4 is 5.73 Å². The molecule has 0 bridgehead atoms. The molecule has 0 aromatic rings. The molecule has 0 saturated heterocycles. The van der Waals surface area contributed by atoms with Crippen LogP contribution in [0.25, 0.3) is 0 Å². The molecule has 0 aromatic heterocycles. The third kappa shape index (κ3) is 1.29. The van der Waals surface area contributed by atoms with E-state index < -0.39 is 0 Å². The van der Waals surface area contributed by atoms with E-state index >= 15 is 0 Å². The van der Waals surface area contributed by atoms with Crippen LogP contribution in [0.2, 0.25) is 0 Å². The van der Waals surface area contributed by atoms with Crippen molar-refractivity contribution in [2.75, 3.05) is 7.11 Å². The van der Waals surface area contributed by atoms with E-state index in [4.69, 9.17) is 5.73 Å². The maximum absolute atomic E-state index is 10.9. The first-order chi connectivity index (χ1) is 4.75. The van der Waals surface area contributed by atoms with Gasteiger partial charge in [0.1, 0.15) is 0 Å². The molecular formula is C7H13NO2. The summed E-state index contributed by atoms with van der Waals surface area (Å²) in [6.07, 6.45) is 2.91. The lowest BCUT2D eigenvalue weighted by Crippen LogP contribution is -2.31. The van der Waals surface area contributed by atoms with Crippen LogP contribution in [0.1, 0.15) is 19.3 Å². The highest BCUT2D eigenvalue weighted by Crippen LogP contribution is 2.24. The minimum atomic E-state index is -0.148. The van der Waals surface area contributed by atoms with Gasteiger partial charge < -0.3 is 10.5 Å². The highest BCUT2D eigenvalue weighted by atomic mass is 16.5. The molecular weight excluding hydrogens is 130 g/mol. The summed E-state index contributed by atoms with van der Waals surface area (Å²) in [5.41, 5.74) is 5.65. The Balaban J connectivity index is 2.46. The first kappa shape index (κ1) is 7.54. The molecule has 0 aromatic carbocycles. The van der Waals surface area contributed by atoms with Gasteiger partial charge in [0, 0.05) is 6.04 Å². The molecule has 10 heavy (non-hydrogen) atoms. The molecule has 0 spiro atoms. The number of methoxy groups -OCH3 is 1. The normalized spacial score (nSPS) is 32.2. The zero-order valence-electron chi connectivity index (χ0n) is 6.17. The van der Waals surface area contributed by atoms with E-state index in [1.165, 1.54) is 7.11 Å². The second-order valence-corrected chi connectivity index (χ2v) is 2.72. The van der Waals surface area contributed by atoms with Gasteiger partial charge in [-0.25, -0.2) is 0 Å². The molecule has 1 saturated carbocycles. The Hall–Kier alpha value is -0.570. The molecule has 1 aliphatic carbocycles. The first-order valence-electron chi connectivity index (χ1n) is 3.59. The number of esters is 1. The van der Waals surface area contributed by atoms with Gasteiger partial charge in [0.15, 0.2) is 0 Å². The summed E-state index contributed by atoms with van der Waals surface area (Å²) in [5, 5.41) is 0. The first-order valence-corrected chi connectivity index (χ1v) is 3.59. The van der Waals surface area contributed by atoms with Gasteiger partial charge >= 0.3 is 5.97 Å². The number of ether oxygens (including phenoxy) is 1. The van der Waals surface area contributed by atoms with E-state index in [1.54, 1.807) is 0 Å². The largest absolute Gasteiger partial charge is 0.469 e. The Labute approximate surface area is 60.5 Å². The van der Waals surface area contributed by atoms with Gasteiger partial charge in [0.2, 0.25) is 0 Å². The molecule has 1 rings (SSSR count).